The minimum absolute atomic E-state index is 0.191. The fraction of sp³-hybridized carbons (Fsp3) is 0.158. The van der Waals surface area contributed by atoms with Crippen LogP contribution < -0.4 is 4.74 Å². The van der Waals surface area contributed by atoms with Gasteiger partial charge in [-0.25, -0.2) is 9.18 Å². The van der Waals surface area contributed by atoms with Crippen molar-refractivity contribution in [3.8, 4) is 11.8 Å². The third-order valence-electron chi connectivity index (χ3n) is 3.76. The molecule has 0 unspecified atom stereocenters. The summed E-state index contributed by atoms with van der Waals surface area (Å²) in [6.45, 7) is 1.65. The molecule has 0 aliphatic heterocycles. The zero-order chi connectivity index (χ0) is 19.6. The largest absolute Gasteiger partial charge is 0.486 e. The highest BCUT2D eigenvalue weighted by Crippen LogP contribution is 2.37. The summed E-state index contributed by atoms with van der Waals surface area (Å²) >= 11 is 7.45. The van der Waals surface area contributed by atoms with E-state index in [9.17, 15) is 13.6 Å². The summed E-state index contributed by atoms with van der Waals surface area (Å²) in [4.78, 5) is 12.6. The molecule has 3 aromatic rings. The number of hydrogen-bond donors (Lipinski definition) is 0. The molecule has 0 aliphatic rings. The lowest BCUT2D eigenvalue weighted by Gasteiger charge is -2.10. The molecule has 1 aromatic heterocycles. The maximum atomic E-state index is 14.1. The third kappa shape index (κ3) is 3.59. The topological polar surface area (TPSA) is 59.3 Å². The van der Waals surface area contributed by atoms with Crippen molar-refractivity contribution >= 4 is 39.0 Å². The van der Waals surface area contributed by atoms with Gasteiger partial charge in [-0.2, -0.15) is 9.65 Å². The van der Waals surface area contributed by atoms with Crippen molar-refractivity contribution in [1.29, 1.82) is 5.26 Å². The highest BCUT2D eigenvalue weighted by molar-refractivity contribution is 7.21. The van der Waals surface area contributed by atoms with Gasteiger partial charge in [-0.3, -0.25) is 0 Å². The molecule has 0 aliphatic carbocycles. The van der Waals surface area contributed by atoms with E-state index in [1.165, 1.54) is 11.3 Å². The number of nitriles is 1. The molecule has 2 aromatic carbocycles. The number of carbonyl (C=O) groups is 1. The molecule has 138 valence electrons. The minimum atomic E-state index is -1.28. The molecule has 0 saturated carbocycles. The molecule has 1 heterocycles. The Hall–Kier alpha value is -2.69. The fourth-order valence-electron chi connectivity index (χ4n) is 2.55. The highest BCUT2D eigenvalue weighted by Gasteiger charge is 2.22. The average Bonchev–Trinajstić information content (AvgIpc) is 3.03. The van der Waals surface area contributed by atoms with Gasteiger partial charge in [-0.05, 0) is 31.2 Å². The van der Waals surface area contributed by atoms with Gasteiger partial charge in [0.25, 0.3) is 0 Å². The molecular formula is C19H12ClF2NO3S. The summed E-state index contributed by atoms with van der Waals surface area (Å²) in [5, 5.41) is 9.75. The number of nitrogens with zero attached hydrogens (tertiary/aromatic N) is 1. The number of thiophene rings is 1. The van der Waals surface area contributed by atoms with Gasteiger partial charge < -0.3 is 9.47 Å². The van der Waals surface area contributed by atoms with Crippen LogP contribution in [-0.2, 0) is 11.3 Å². The summed E-state index contributed by atoms with van der Waals surface area (Å²) in [7, 11) is 0. The Labute approximate surface area is 162 Å². The molecule has 3 rings (SSSR count). The second kappa shape index (κ2) is 7.91. The molecule has 8 heteroatoms. The first-order valence-electron chi connectivity index (χ1n) is 7.85. The summed E-state index contributed by atoms with van der Waals surface area (Å²) in [5.74, 6) is -3.46. The van der Waals surface area contributed by atoms with Crippen molar-refractivity contribution in [2.45, 2.75) is 13.5 Å². The predicted molar refractivity (Wildman–Crippen MR) is 98.2 cm³/mol. The van der Waals surface area contributed by atoms with Crippen molar-refractivity contribution < 1.29 is 23.0 Å². The minimum Gasteiger partial charge on any atom is -0.486 e. The van der Waals surface area contributed by atoms with E-state index < -0.39 is 23.2 Å². The Morgan fingerprint density at radius 1 is 1.26 bits per heavy atom. The number of halogens is 3. The Kier molecular flexibility index (Phi) is 5.59. The molecule has 0 bridgehead atoms. The van der Waals surface area contributed by atoms with Crippen LogP contribution in [0.15, 0.2) is 30.3 Å². The van der Waals surface area contributed by atoms with Crippen LogP contribution in [-0.4, -0.2) is 12.6 Å². The van der Waals surface area contributed by atoms with Gasteiger partial charge in [-0.1, -0.05) is 17.7 Å². The standard InChI is InChI=1S/C19H12ClF2NO3S/c1-2-25-19(24)18-11(15-12(20)4-3-5-14(15)27-18)9-26-13-7-6-10(8-23)16(21)17(13)22/h3-7H,2,9H2,1H3. The predicted octanol–water partition coefficient (Wildman–Crippen LogP) is 5.46. The van der Waals surface area contributed by atoms with E-state index in [2.05, 4.69) is 0 Å². The van der Waals surface area contributed by atoms with Crippen molar-refractivity contribution in [3.05, 3.63) is 63.0 Å². The maximum Gasteiger partial charge on any atom is 0.348 e. The SMILES string of the molecule is CCOC(=O)c1sc2cccc(Cl)c2c1COc1ccc(C#N)c(F)c1F. The lowest BCUT2D eigenvalue weighted by Crippen LogP contribution is -2.08. The van der Waals surface area contributed by atoms with Crippen LogP contribution in [0.25, 0.3) is 10.1 Å². The monoisotopic (exact) mass is 407 g/mol. The van der Waals surface area contributed by atoms with Gasteiger partial charge >= 0.3 is 5.97 Å². The molecular weight excluding hydrogens is 396 g/mol. The Morgan fingerprint density at radius 3 is 2.74 bits per heavy atom. The molecule has 0 fully saturated rings. The zero-order valence-electron chi connectivity index (χ0n) is 14.0. The van der Waals surface area contributed by atoms with Crippen LogP contribution in [0.3, 0.4) is 0 Å². The second-order valence-corrected chi connectivity index (χ2v) is 6.84. The van der Waals surface area contributed by atoms with Crippen LogP contribution in [0.5, 0.6) is 5.75 Å². The summed E-state index contributed by atoms with van der Waals surface area (Å²) < 4.78 is 39.1. The molecule has 0 amide bonds. The Morgan fingerprint density at radius 2 is 2.04 bits per heavy atom. The van der Waals surface area contributed by atoms with Gasteiger partial charge in [0.1, 0.15) is 17.6 Å². The zero-order valence-corrected chi connectivity index (χ0v) is 15.6. The second-order valence-electron chi connectivity index (χ2n) is 5.38. The molecule has 0 atom stereocenters. The van der Waals surface area contributed by atoms with E-state index >= 15 is 0 Å². The molecule has 0 radical (unpaired) electrons. The van der Waals surface area contributed by atoms with Gasteiger partial charge in [0.15, 0.2) is 11.6 Å². The van der Waals surface area contributed by atoms with Gasteiger partial charge in [-0.15, -0.1) is 11.3 Å². The normalized spacial score (nSPS) is 10.6. The number of hydrogen-bond acceptors (Lipinski definition) is 5. The Bertz CT molecular complexity index is 1070. The smallest absolute Gasteiger partial charge is 0.348 e. The number of esters is 1. The van der Waals surface area contributed by atoms with E-state index in [-0.39, 0.29) is 23.8 Å². The van der Waals surface area contributed by atoms with Crippen molar-refractivity contribution in [2.24, 2.45) is 0 Å². The molecule has 27 heavy (non-hydrogen) atoms. The molecule has 0 N–H and O–H groups in total. The fourth-order valence-corrected chi connectivity index (χ4v) is 4.02. The van der Waals surface area contributed by atoms with E-state index in [4.69, 9.17) is 26.3 Å². The van der Waals surface area contributed by atoms with Crippen LogP contribution >= 0.6 is 22.9 Å². The van der Waals surface area contributed by atoms with Gasteiger partial charge in [0.2, 0.25) is 5.82 Å². The van der Waals surface area contributed by atoms with Gasteiger partial charge in [0, 0.05) is 20.7 Å². The van der Waals surface area contributed by atoms with Crippen LogP contribution in [0, 0.1) is 23.0 Å². The van der Waals surface area contributed by atoms with Crippen molar-refractivity contribution in [2.75, 3.05) is 6.61 Å². The Balaban J connectivity index is 2.02. The quantitative estimate of drug-likeness (QED) is 0.527. The summed E-state index contributed by atoms with van der Waals surface area (Å²) in [6, 6.07) is 9.04. The van der Waals surface area contributed by atoms with Crippen LogP contribution in [0.4, 0.5) is 8.78 Å². The number of ether oxygens (including phenoxy) is 2. The van der Waals surface area contributed by atoms with Crippen LogP contribution in [0.2, 0.25) is 5.02 Å². The van der Waals surface area contributed by atoms with Crippen molar-refractivity contribution in [1.82, 2.24) is 0 Å². The van der Waals surface area contributed by atoms with E-state index in [0.717, 1.165) is 16.8 Å². The van der Waals surface area contributed by atoms with Crippen molar-refractivity contribution in [3.63, 3.8) is 0 Å². The maximum absolute atomic E-state index is 14.1. The highest BCUT2D eigenvalue weighted by atomic mass is 35.5. The van der Waals surface area contributed by atoms with Gasteiger partial charge in [0.05, 0.1) is 12.2 Å². The lowest BCUT2D eigenvalue weighted by molar-refractivity contribution is 0.0529. The first-order valence-corrected chi connectivity index (χ1v) is 9.05. The van der Waals surface area contributed by atoms with E-state index in [1.807, 2.05) is 0 Å². The summed E-state index contributed by atoms with van der Waals surface area (Å²) in [5.41, 5.74) is 0.0132. The third-order valence-corrected chi connectivity index (χ3v) is 5.26. The molecule has 0 spiro atoms. The average molecular weight is 408 g/mol. The number of benzene rings is 2. The first kappa shape index (κ1) is 19.1. The lowest BCUT2D eigenvalue weighted by atomic mass is 10.1. The molecule has 0 saturated heterocycles. The van der Waals surface area contributed by atoms with E-state index in [1.54, 1.807) is 31.2 Å². The first-order chi connectivity index (χ1) is 13.0. The number of rotatable bonds is 5. The van der Waals surface area contributed by atoms with Crippen LogP contribution in [0.1, 0.15) is 27.7 Å². The number of fused-ring (bicyclic) bond motifs is 1. The number of carbonyl (C=O) groups excluding carboxylic acids is 1. The summed E-state index contributed by atoms with van der Waals surface area (Å²) in [6.07, 6.45) is 0. The van der Waals surface area contributed by atoms with E-state index in [0.29, 0.717) is 16.0 Å². The molecule has 4 nitrogen and oxygen atoms in total.